The predicted molar refractivity (Wildman–Crippen MR) is 107 cm³/mol. The zero-order chi connectivity index (χ0) is 18.7. The number of fused-ring (bicyclic) bond motifs is 1. The number of hydrogen-bond donors (Lipinski definition) is 1. The quantitative estimate of drug-likeness (QED) is 0.789. The van der Waals surface area contributed by atoms with Gasteiger partial charge in [0.2, 0.25) is 5.95 Å². The predicted octanol–water partition coefficient (Wildman–Crippen LogP) is 2.10. The lowest BCUT2D eigenvalue weighted by Gasteiger charge is -2.34. The lowest BCUT2D eigenvalue weighted by molar-refractivity contribution is 0.138. The molecule has 6 heteroatoms. The van der Waals surface area contributed by atoms with E-state index in [-0.39, 0.29) is 5.60 Å². The largest absolute Gasteiger partial charge is 0.487 e. The summed E-state index contributed by atoms with van der Waals surface area (Å²) in [6.07, 6.45) is 4.61. The number of nitrogens with one attached hydrogen (secondary N) is 1. The molecule has 1 fully saturated rings. The third-order valence-electron chi connectivity index (χ3n) is 5.27. The van der Waals surface area contributed by atoms with Crippen molar-refractivity contribution in [2.24, 2.45) is 0 Å². The van der Waals surface area contributed by atoms with Crippen molar-refractivity contribution in [3.05, 3.63) is 47.8 Å². The van der Waals surface area contributed by atoms with Gasteiger partial charge in [0.05, 0.1) is 0 Å². The van der Waals surface area contributed by atoms with Crippen LogP contribution in [-0.4, -0.2) is 59.7 Å². The monoisotopic (exact) mass is 367 g/mol. The van der Waals surface area contributed by atoms with Gasteiger partial charge in [0, 0.05) is 64.6 Å². The Kier molecular flexibility index (Phi) is 5.27. The van der Waals surface area contributed by atoms with Gasteiger partial charge in [0.1, 0.15) is 11.4 Å². The van der Waals surface area contributed by atoms with Gasteiger partial charge in [0.25, 0.3) is 0 Å². The summed E-state index contributed by atoms with van der Waals surface area (Å²) < 4.78 is 5.95. The van der Waals surface area contributed by atoms with Crippen molar-refractivity contribution in [3.63, 3.8) is 0 Å². The molecule has 0 atom stereocenters. The fraction of sp³-hybridized carbons (Fsp3) is 0.524. The van der Waals surface area contributed by atoms with Crippen molar-refractivity contribution in [2.75, 3.05) is 44.2 Å². The maximum absolute atomic E-state index is 5.95. The Balaban J connectivity index is 1.18. The summed E-state index contributed by atoms with van der Waals surface area (Å²) in [5, 5.41) is 3.58. The van der Waals surface area contributed by atoms with E-state index in [0.29, 0.717) is 0 Å². The number of piperazine rings is 1. The molecule has 2 aliphatic heterocycles. The van der Waals surface area contributed by atoms with Crippen molar-refractivity contribution in [2.45, 2.75) is 32.4 Å². The van der Waals surface area contributed by atoms with E-state index in [9.17, 15) is 0 Å². The summed E-state index contributed by atoms with van der Waals surface area (Å²) in [6.45, 7) is 11.4. The lowest BCUT2D eigenvalue weighted by atomic mass is 10.0. The van der Waals surface area contributed by atoms with E-state index < -0.39 is 0 Å². The van der Waals surface area contributed by atoms with E-state index in [1.54, 1.807) is 0 Å². The van der Waals surface area contributed by atoms with Gasteiger partial charge in [0.15, 0.2) is 0 Å². The van der Waals surface area contributed by atoms with E-state index in [2.05, 4.69) is 57.1 Å². The van der Waals surface area contributed by atoms with Crippen molar-refractivity contribution in [1.29, 1.82) is 0 Å². The average molecular weight is 367 g/mol. The highest BCUT2D eigenvalue weighted by molar-refractivity contribution is 5.41. The second kappa shape index (κ2) is 7.82. The zero-order valence-corrected chi connectivity index (χ0v) is 16.3. The summed E-state index contributed by atoms with van der Waals surface area (Å²) >= 11 is 0. The zero-order valence-electron chi connectivity index (χ0n) is 16.3. The lowest BCUT2D eigenvalue weighted by Crippen LogP contribution is -2.48. The summed E-state index contributed by atoms with van der Waals surface area (Å²) in [5.74, 6) is 1.89. The van der Waals surface area contributed by atoms with E-state index in [1.165, 1.54) is 11.1 Å². The Labute approximate surface area is 161 Å². The first-order valence-electron chi connectivity index (χ1n) is 9.85. The van der Waals surface area contributed by atoms with Crippen molar-refractivity contribution >= 4 is 5.95 Å². The molecule has 2 aliphatic rings. The van der Waals surface area contributed by atoms with Crippen LogP contribution in [0, 0.1) is 0 Å². The Bertz CT molecular complexity index is 756. The number of anilines is 1. The molecule has 1 aromatic heterocycles. The van der Waals surface area contributed by atoms with E-state index in [1.807, 2.05) is 18.5 Å². The van der Waals surface area contributed by atoms with Gasteiger partial charge in [-0.05, 0) is 37.1 Å². The van der Waals surface area contributed by atoms with Gasteiger partial charge in [-0.15, -0.1) is 0 Å². The van der Waals surface area contributed by atoms with Gasteiger partial charge in [-0.25, -0.2) is 9.97 Å². The topological polar surface area (TPSA) is 53.5 Å². The van der Waals surface area contributed by atoms with Crippen LogP contribution in [0.2, 0.25) is 0 Å². The molecule has 0 amide bonds. The van der Waals surface area contributed by atoms with Crippen LogP contribution in [-0.2, 0) is 13.0 Å². The van der Waals surface area contributed by atoms with Gasteiger partial charge in [-0.3, -0.25) is 4.90 Å². The molecule has 1 aromatic carbocycles. The van der Waals surface area contributed by atoms with Crippen LogP contribution in [0.15, 0.2) is 36.7 Å². The summed E-state index contributed by atoms with van der Waals surface area (Å²) in [7, 11) is 0. The summed E-state index contributed by atoms with van der Waals surface area (Å²) in [4.78, 5) is 13.5. The van der Waals surface area contributed by atoms with Crippen molar-refractivity contribution < 1.29 is 4.74 Å². The Morgan fingerprint density at radius 2 is 1.89 bits per heavy atom. The molecule has 3 heterocycles. The molecule has 1 saturated heterocycles. The van der Waals surface area contributed by atoms with Crippen molar-refractivity contribution in [3.8, 4) is 5.75 Å². The van der Waals surface area contributed by atoms with Gasteiger partial charge >= 0.3 is 0 Å². The molecule has 144 valence electrons. The molecule has 2 aromatic rings. The number of rotatable bonds is 6. The van der Waals surface area contributed by atoms with Gasteiger partial charge in [-0.2, -0.15) is 0 Å². The molecule has 0 saturated carbocycles. The number of hydrogen-bond acceptors (Lipinski definition) is 6. The summed E-state index contributed by atoms with van der Waals surface area (Å²) in [5.41, 5.74) is 2.60. The third-order valence-corrected chi connectivity index (χ3v) is 5.27. The first kappa shape index (κ1) is 18.2. The minimum Gasteiger partial charge on any atom is -0.487 e. The fourth-order valence-electron chi connectivity index (χ4n) is 3.87. The highest BCUT2D eigenvalue weighted by atomic mass is 16.5. The normalized spacial score (nSPS) is 19.0. The molecule has 0 spiro atoms. The Morgan fingerprint density at radius 1 is 1.11 bits per heavy atom. The van der Waals surface area contributed by atoms with Crippen LogP contribution in [0.5, 0.6) is 5.75 Å². The molecule has 0 bridgehead atoms. The third kappa shape index (κ3) is 4.57. The van der Waals surface area contributed by atoms with E-state index in [0.717, 1.165) is 63.9 Å². The molecule has 6 nitrogen and oxygen atoms in total. The minimum absolute atomic E-state index is 0.0681. The van der Waals surface area contributed by atoms with Gasteiger partial charge < -0.3 is 15.0 Å². The maximum Gasteiger partial charge on any atom is 0.225 e. The average Bonchev–Trinajstić information content (AvgIpc) is 2.99. The fourth-order valence-corrected chi connectivity index (χ4v) is 3.87. The SMILES string of the molecule is CC1(C)Cc2cc(CNCCN3CCN(c4ncccn4)CC3)ccc2O1. The molecule has 4 rings (SSSR count). The van der Waals surface area contributed by atoms with E-state index >= 15 is 0 Å². The smallest absolute Gasteiger partial charge is 0.225 e. The number of ether oxygens (including phenoxy) is 1. The molecule has 0 aliphatic carbocycles. The highest BCUT2D eigenvalue weighted by Crippen LogP contribution is 2.35. The summed E-state index contributed by atoms with van der Waals surface area (Å²) in [6, 6.07) is 8.44. The Hall–Kier alpha value is -2.18. The standard InChI is InChI=1S/C21H29N5O/c1-21(2)15-18-14-17(4-5-19(18)27-21)16-22-8-9-25-10-12-26(13-11-25)20-23-6-3-7-24-20/h3-7,14,22H,8-13,15-16H2,1-2H3. The first-order valence-corrected chi connectivity index (χ1v) is 9.85. The molecule has 0 radical (unpaired) electrons. The highest BCUT2D eigenvalue weighted by Gasteiger charge is 2.29. The van der Waals surface area contributed by atoms with Gasteiger partial charge in [-0.1, -0.05) is 12.1 Å². The van der Waals surface area contributed by atoms with Crippen LogP contribution >= 0.6 is 0 Å². The maximum atomic E-state index is 5.95. The first-order chi connectivity index (χ1) is 13.1. The van der Waals surface area contributed by atoms with Crippen LogP contribution in [0.25, 0.3) is 0 Å². The van der Waals surface area contributed by atoms with Crippen LogP contribution < -0.4 is 15.0 Å². The molecule has 27 heavy (non-hydrogen) atoms. The van der Waals surface area contributed by atoms with Crippen LogP contribution in [0.3, 0.4) is 0 Å². The van der Waals surface area contributed by atoms with Crippen LogP contribution in [0.1, 0.15) is 25.0 Å². The van der Waals surface area contributed by atoms with Crippen molar-refractivity contribution in [1.82, 2.24) is 20.2 Å². The van der Waals surface area contributed by atoms with E-state index in [4.69, 9.17) is 4.74 Å². The minimum atomic E-state index is -0.0681. The Morgan fingerprint density at radius 3 is 2.67 bits per heavy atom. The number of nitrogens with zero attached hydrogens (tertiary/aromatic N) is 4. The molecule has 0 unspecified atom stereocenters. The number of benzene rings is 1. The number of aromatic nitrogens is 2. The molecular formula is C21H29N5O. The molecular weight excluding hydrogens is 338 g/mol. The molecule has 1 N–H and O–H groups in total. The second-order valence-electron chi connectivity index (χ2n) is 8.03. The van der Waals surface area contributed by atoms with Crippen LogP contribution in [0.4, 0.5) is 5.95 Å². The second-order valence-corrected chi connectivity index (χ2v) is 8.03.